The molecule has 2 aromatic rings. The highest BCUT2D eigenvalue weighted by atomic mass is 16.3. The van der Waals surface area contributed by atoms with Gasteiger partial charge in [-0.2, -0.15) is 5.10 Å². The number of nitrogens with one attached hydrogen (secondary N) is 1. The van der Waals surface area contributed by atoms with Gasteiger partial charge in [0.25, 0.3) is 0 Å². The van der Waals surface area contributed by atoms with Crippen LogP contribution in [0, 0.1) is 0 Å². The van der Waals surface area contributed by atoms with Gasteiger partial charge in [0, 0.05) is 11.7 Å². The van der Waals surface area contributed by atoms with Crippen LogP contribution < -0.4 is 5.32 Å². The monoisotopic (exact) mass is 272 g/mol. The molecule has 0 aliphatic heterocycles. The predicted octanol–water partition coefficient (Wildman–Crippen LogP) is 2.04. The molecule has 1 saturated carbocycles. The number of benzene rings is 1. The molecule has 1 heterocycles. The van der Waals surface area contributed by atoms with Gasteiger partial charge in [0.15, 0.2) is 0 Å². The SMILES string of the molecule is OC1CCC(Nc2ccc(Cn3cncn3)cc2)CC1. The number of rotatable bonds is 4. The second-order valence-electron chi connectivity index (χ2n) is 5.44. The zero-order valence-electron chi connectivity index (χ0n) is 11.4. The Labute approximate surface area is 118 Å². The molecule has 1 aliphatic rings. The van der Waals surface area contributed by atoms with Gasteiger partial charge in [-0.05, 0) is 43.4 Å². The van der Waals surface area contributed by atoms with E-state index in [2.05, 4.69) is 39.7 Å². The standard InChI is InChI=1S/C15H20N4O/c20-15-7-5-14(6-8-15)18-13-3-1-12(2-4-13)9-19-11-16-10-17-19/h1-4,10-11,14-15,18,20H,5-9H2. The second kappa shape index (κ2) is 6.05. The van der Waals surface area contributed by atoms with E-state index in [1.54, 1.807) is 12.7 Å². The maximum atomic E-state index is 9.51. The van der Waals surface area contributed by atoms with Crippen molar-refractivity contribution >= 4 is 5.69 Å². The molecule has 0 radical (unpaired) electrons. The van der Waals surface area contributed by atoms with Crippen LogP contribution in [0.2, 0.25) is 0 Å². The number of nitrogens with zero attached hydrogens (tertiary/aromatic N) is 3. The lowest BCUT2D eigenvalue weighted by Crippen LogP contribution is -2.28. The van der Waals surface area contributed by atoms with Crippen molar-refractivity contribution < 1.29 is 5.11 Å². The molecular formula is C15H20N4O. The summed E-state index contributed by atoms with van der Waals surface area (Å²) in [5, 5.41) is 17.2. The first kappa shape index (κ1) is 13.1. The molecule has 5 heteroatoms. The Hall–Kier alpha value is -1.88. The number of aromatic nitrogens is 3. The molecule has 20 heavy (non-hydrogen) atoms. The van der Waals surface area contributed by atoms with Crippen LogP contribution in [0.5, 0.6) is 0 Å². The molecule has 2 N–H and O–H groups in total. The molecule has 1 aromatic heterocycles. The van der Waals surface area contributed by atoms with E-state index in [0.717, 1.165) is 37.9 Å². The molecule has 0 saturated heterocycles. The fourth-order valence-electron chi connectivity index (χ4n) is 2.66. The highest BCUT2D eigenvalue weighted by molar-refractivity contribution is 5.45. The molecule has 1 fully saturated rings. The van der Waals surface area contributed by atoms with Crippen LogP contribution in [0.25, 0.3) is 0 Å². The molecular weight excluding hydrogens is 252 g/mol. The average Bonchev–Trinajstić information content (AvgIpc) is 2.96. The normalized spacial score (nSPS) is 22.6. The fraction of sp³-hybridized carbons (Fsp3) is 0.467. The first-order valence-corrected chi connectivity index (χ1v) is 7.15. The van der Waals surface area contributed by atoms with Crippen molar-refractivity contribution in [3.05, 3.63) is 42.5 Å². The summed E-state index contributed by atoms with van der Waals surface area (Å²) in [4.78, 5) is 3.94. The van der Waals surface area contributed by atoms with Crippen molar-refractivity contribution in [3.8, 4) is 0 Å². The lowest BCUT2D eigenvalue weighted by Gasteiger charge is -2.27. The summed E-state index contributed by atoms with van der Waals surface area (Å²) in [6, 6.07) is 8.93. The smallest absolute Gasteiger partial charge is 0.137 e. The van der Waals surface area contributed by atoms with Gasteiger partial charge in [0.2, 0.25) is 0 Å². The molecule has 0 spiro atoms. The lowest BCUT2D eigenvalue weighted by molar-refractivity contribution is 0.126. The Balaban J connectivity index is 1.56. The highest BCUT2D eigenvalue weighted by Crippen LogP contribution is 2.22. The Morgan fingerprint density at radius 2 is 1.90 bits per heavy atom. The maximum Gasteiger partial charge on any atom is 0.137 e. The van der Waals surface area contributed by atoms with E-state index in [0.29, 0.717) is 6.04 Å². The van der Waals surface area contributed by atoms with Crippen LogP contribution in [0.4, 0.5) is 5.69 Å². The summed E-state index contributed by atoms with van der Waals surface area (Å²) in [5.74, 6) is 0. The Kier molecular flexibility index (Phi) is 3.97. The average molecular weight is 272 g/mol. The zero-order chi connectivity index (χ0) is 13.8. The summed E-state index contributed by atoms with van der Waals surface area (Å²) < 4.78 is 1.81. The summed E-state index contributed by atoms with van der Waals surface area (Å²) >= 11 is 0. The predicted molar refractivity (Wildman–Crippen MR) is 77.5 cm³/mol. The second-order valence-corrected chi connectivity index (χ2v) is 5.44. The van der Waals surface area contributed by atoms with E-state index in [9.17, 15) is 5.11 Å². The van der Waals surface area contributed by atoms with E-state index < -0.39 is 0 Å². The lowest BCUT2D eigenvalue weighted by atomic mass is 9.93. The number of anilines is 1. The quantitative estimate of drug-likeness (QED) is 0.894. The van der Waals surface area contributed by atoms with Crippen LogP contribution in [0.15, 0.2) is 36.9 Å². The molecule has 5 nitrogen and oxygen atoms in total. The maximum absolute atomic E-state index is 9.51. The van der Waals surface area contributed by atoms with Crippen LogP contribution in [-0.2, 0) is 6.54 Å². The van der Waals surface area contributed by atoms with E-state index in [-0.39, 0.29) is 6.10 Å². The zero-order valence-corrected chi connectivity index (χ0v) is 11.4. The van der Waals surface area contributed by atoms with Crippen LogP contribution in [-0.4, -0.2) is 32.0 Å². The first-order valence-electron chi connectivity index (χ1n) is 7.15. The largest absolute Gasteiger partial charge is 0.393 e. The van der Waals surface area contributed by atoms with Gasteiger partial charge in [-0.1, -0.05) is 12.1 Å². The van der Waals surface area contributed by atoms with E-state index in [4.69, 9.17) is 0 Å². The number of hydrogen-bond acceptors (Lipinski definition) is 4. The third kappa shape index (κ3) is 3.36. The highest BCUT2D eigenvalue weighted by Gasteiger charge is 2.18. The summed E-state index contributed by atoms with van der Waals surface area (Å²) in [6.07, 6.45) is 7.07. The van der Waals surface area contributed by atoms with Gasteiger partial charge in [0.1, 0.15) is 12.7 Å². The number of aliphatic hydroxyl groups excluding tert-OH is 1. The van der Waals surface area contributed by atoms with Crippen molar-refractivity contribution in [1.82, 2.24) is 14.8 Å². The van der Waals surface area contributed by atoms with Crippen molar-refractivity contribution in [3.63, 3.8) is 0 Å². The van der Waals surface area contributed by atoms with Gasteiger partial charge in [-0.3, -0.25) is 0 Å². The van der Waals surface area contributed by atoms with Gasteiger partial charge < -0.3 is 10.4 Å². The molecule has 0 amide bonds. The van der Waals surface area contributed by atoms with Crippen molar-refractivity contribution in [2.75, 3.05) is 5.32 Å². The molecule has 1 aromatic carbocycles. The van der Waals surface area contributed by atoms with Crippen molar-refractivity contribution in [1.29, 1.82) is 0 Å². The topological polar surface area (TPSA) is 63.0 Å². The van der Waals surface area contributed by atoms with Crippen molar-refractivity contribution in [2.24, 2.45) is 0 Å². The van der Waals surface area contributed by atoms with Crippen LogP contribution >= 0.6 is 0 Å². The van der Waals surface area contributed by atoms with Crippen LogP contribution in [0.3, 0.4) is 0 Å². The van der Waals surface area contributed by atoms with E-state index in [1.165, 1.54) is 5.56 Å². The molecule has 3 rings (SSSR count). The van der Waals surface area contributed by atoms with Gasteiger partial charge in [-0.15, -0.1) is 0 Å². The van der Waals surface area contributed by atoms with Gasteiger partial charge >= 0.3 is 0 Å². The molecule has 0 atom stereocenters. The Morgan fingerprint density at radius 3 is 2.55 bits per heavy atom. The van der Waals surface area contributed by atoms with Gasteiger partial charge in [-0.25, -0.2) is 9.67 Å². The number of hydrogen-bond donors (Lipinski definition) is 2. The molecule has 1 aliphatic carbocycles. The molecule has 0 unspecified atom stereocenters. The minimum atomic E-state index is -0.0990. The Morgan fingerprint density at radius 1 is 1.15 bits per heavy atom. The van der Waals surface area contributed by atoms with Gasteiger partial charge in [0.05, 0.1) is 12.6 Å². The molecule has 0 bridgehead atoms. The summed E-state index contributed by atoms with van der Waals surface area (Å²) in [5.41, 5.74) is 2.36. The molecule has 106 valence electrons. The fourth-order valence-corrected chi connectivity index (χ4v) is 2.66. The first-order chi connectivity index (χ1) is 9.79. The van der Waals surface area contributed by atoms with E-state index in [1.807, 2.05) is 4.68 Å². The minimum Gasteiger partial charge on any atom is -0.393 e. The number of aliphatic hydroxyl groups is 1. The summed E-state index contributed by atoms with van der Waals surface area (Å²) in [6.45, 7) is 0.746. The van der Waals surface area contributed by atoms with E-state index >= 15 is 0 Å². The summed E-state index contributed by atoms with van der Waals surface area (Å²) in [7, 11) is 0. The van der Waals surface area contributed by atoms with Crippen LogP contribution in [0.1, 0.15) is 31.2 Å². The third-order valence-corrected chi connectivity index (χ3v) is 3.83. The Bertz CT molecular complexity index is 515. The minimum absolute atomic E-state index is 0.0990. The van der Waals surface area contributed by atoms with Crippen molar-refractivity contribution in [2.45, 2.75) is 44.4 Å². The third-order valence-electron chi connectivity index (χ3n) is 3.83.